The molecule has 6 heteroatoms. The molecular formula is C18H38O5Si. The van der Waals surface area contributed by atoms with Gasteiger partial charge in [0.2, 0.25) is 0 Å². The highest BCUT2D eigenvalue weighted by molar-refractivity contribution is 6.60. The summed E-state index contributed by atoms with van der Waals surface area (Å²) in [5.74, 6) is 0.519. The van der Waals surface area contributed by atoms with Crippen LogP contribution in [0.15, 0.2) is 0 Å². The molecule has 3 atom stereocenters. The zero-order chi connectivity index (χ0) is 18.3. The molecule has 24 heavy (non-hydrogen) atoms. The minimum absolute atomic E-state index is 0.0561. The highest BCUT2D eigenvalue weighted by atomic mass is 28.4. The minimum Gasteiger partial charge on any atom is -0.390 e. The van der Waals surface area contributed by atoms with Crippen molar-refractivity contribution in [3.8, 4) is 0 Å². The number of hydrogen-bond donors (Lipinski definition) is 1. The van der Waals surface area contributed by atoms with Gasteiger partial charge in [-0.25, -0.2) is 0 Å². The molecule has 144 valence electrons. The number of ether oxygens (including phenoxy) is 1. The van der Waals surface area contributed by atoms with Gasteiger partial charge in [-0.2, -0.15) is 0 Å². The van der Waals surface area contributed by atoms with Gasteiger partial charge in [0, 0.05) is 25.4 Å². The van der Waals surface area contributed by atoms with E-state index < -0.39 is 8.80 Å². The molecule has 0 saturated heterocycles. The molecule has 0 aliphatic heterocycles. The smallest absolute Gasteiger partial charge is 0.390 e. The van der Waals surface area contributed by atoms with Crippen LogP contribution in [-0.4, -0.2) is 51.5 Å². The topological polar surface area (TPSA) is 57.2 Å². The van der Waals surface area contributed by atoms with E-state index in [1.54, 1.807) is 7.11 Å². The van der Waals surface area contributed by atoms with E-state index in [1.165, 1.54) is 0 Å². The van der Waals surface area contributed by atoms with Gasteiger partial charge in [0.25, 0.3) is 0 Å². The third kappa shape index (κ3) is 7.50. The normalized spacial score (nSPS) is 25.9. The number of aliphatic hydroxyl groups is 1. The fraction of sp³-hybridized carbons (Fsp3) is 1.00. The lowest BCUT2D eigenvalue weighted by atomic mass is 9.83. The Morgan fingerprint density at radius 2 is 1.54 bits per heavy atom. The Labute approximate surface area is 149 Å². The Morgan fingerprint density at radius 3 is 2.00 bits per heavy atom. The van der Waals surface area contributed by atoms with Gasteiger partial charge in [-0.3, -0.25) is 0 Å². The maximum absolute atomic E-state index is 10.2. The summed E-state index contributed by atoms with van der Waals surface area (Å²) in [7, 11) is -0.953. The standard InChI is InChI=1S/C18H38O5Si/c1-13(2)21-18-12-16(8-9-17(18)19)10-11-24(20-7,22-14(3)4)23-15(5)6/h13-19H,8-12H2,1-7H3. The van der Waals surface area contributed by atoms with Gasteiger partial charge in [0.05, 0.1) is 18.3 Å². The van der Waals surface area contributed by atoms with Crippen LogP contribution >= 0.6 is 0 Å². The number of rotatable bonds is 10. The third-order valence-corrected chi connectivity index (χ3v) is 7.50. The molecule has 5 nitrogen and oxygen atoms in total. The van der Waals surface area contributed by atoms with E-state index in [9.17, 15) is 5.11 Å². The summed E-state index contributed by atoms with van der Waals surface area (Å²) in [4.78, 5) is 0. The van der Waals surface area contributed by atoms with Crippen LogP contribution in [-0.2, 0) is 18.0 Å². The maximum atomic E-state index is 10.2. The van der Waals surface area contributed by atoms with Crippen molar-refractivity contribution < 1.29 is 23.1 Å². The molecule has 0 aromatic rings. The molecule has 0 amide bonds. The first-order valence-corrected chi connectivity index (χ1v) is 11.3. The lowest BCUT2D eigenvalue weighted by Crippen LogP contribution is -2.49. The summed E-state index contributed by atoms with van der Waals surface area (Å²) in [6.07, 6.45) is 3.63. The minimum atomic E-state index is -2.65. The van der Waals surface area contributed by atoms with Crippen LogP contribution in [0, 0.1) is 5.92 Å². The van der Waals surface area contributed by atoms with Gasteiger partial charge in [0.1, 0.15) is 0 Å². The summed E-state index contributed by atoms with van der Waals surface area (Å²) in [6.45, 7) is 12.1. The quantitative estimate of drug-likeness (QED) is 0.600. The largest absolute Gasteiger partial charge is 0.501 e. The summed E-state index contributed by atoms with van der Waals surface area (Å²) in [5, 5.41) is 10.2. The van der Waals surface area contributed by atoms with Gasteiger partial charge in [-0.15, -0.1) is 0 Å². The van der Waals surface area contributed by atoms with Gasteiger partial charge in [-0.1, -0.05) is 0 Å². The molecular weight excluding hydrogens is 324 g/mol. The van der Waals surface area contributed by atoms with E-state index in [4.69, 9.17) is 18.0 Å². The van der Waals surface area contributed by atoms with Crippen molar-refractivity contribution in [3.63, 3.8) is 0 Å². The zero-order valence-electron chi connectivity index (χ0n) is 16.6. The molecule has 0 aromatic heterocycles. The Balaban J connectivity index is 2.64. The van der Waals surface area contributed by atoms with Crippen LogP contribution in [0.1, 0.15) is 67.2 Å². The van der Waals surface area contributed by atoms with Crippen molar-refractivity contribution >= 4 is 8.80 Å². The van der Waals surface area contributed by atoms with Crippen molar-refractivity contribution in [2.45, 2.75) is 104 Å². The van der Waals surface area contributed by atoms with E-state index in [0.29, 0.717) is 5.92 Å². The fourth-order valence-corrected chi connectivity index (χ4v) is 6.28. The zero-order valence-corrected chi connectivity index (χ0v) is 17.6. The maximum Gasteiger partial charge on any atom is 0.501 e. The van der Waals surface area contributed by atoms with Crippen LogP contribution in [0.3, 0.4) is 0 Å². The fourth-order valence-electron chi connectivity index (χ4n) is 3.40. The van der Waals surface area contributed by atoms with Crippen LogP contribution in [0.4, 0.5) is 0 Å². The first-order valence-electron chi connectivity index (χ1n) is 9.41. The van der Waals surface area contributed by atoms with Crippen molar-refractivity contribution in [3.05, 3.63) is 0 Å². The van der Waals surface area contributed by atoms with Crippen LogP contribution in [0.25, 0.3) is 0 Å². The summed E-state index contributed by atoms with van der Waals surface area (Å²) >= 11 is 0. The monoisotopic (exact) mass is 362 g/mol. The molecule has 1 rings (SSSR count). The molecule has 0 aromatic carbocycles. The van der Waals surface area contributed by atoms with E-state index >= 15 is 0 Å². The lowest BCUT2D eigenvalue weighted by Gasteiger charge is -2.36. The molecule has 1 saturated carbocycles. The second-order valence-corrected chi connectivity index (χ2v) is 10.5. The third-order valence-electron chi connectivity index (χ3n) is 4.31. The molecule has 3 unspecified atom stereocenters. The average Bonchev–Trinajstić information content (AvgIpc) is 2.46. The molecule has 0 bridgehead atoms. The van der Waals surface area contributed by atoms with Crippen LogP contribution in [0.5, 0.6) is 0 Å². The van der Waals surface area contributed by atoms with E-state index in [1.807, 2.05) is 41.5 Å². The molecule has 0 radical (unpaired) electrons. The molecule has 1 fully saturated rings. The molecule has 1 aliphatic carbocycles. The molecule has 1 aliphatic rings. The Hall–Kier alpha value is 0.0169. The summed E-state index contributed by atoms with van der Waals surface area (Å²) in [5.41, 5.74) is 0. The van der Waals surface area contributed by atoms with Crippen molar-refractivity contribution in [2.24, 2.45) is 5.92 Å². The van der Waals surface area contributed by atoms with E-state index in [0.717, 1.165) is 31.7 Å². The van der Waals surface area contributed by atoms with Gasteiger partial charge < -0.3 is 23.1 Å². The van der Waals surface area contributed by atoms with Gasteiger partial charge >= 0.3 is 8.80 Å². The summed E-state index contributed by atoms with van der Waals surface area (Å²) < 4.78 is 23.9. The Kier molecular flexibility index (Phi) is 9.41. The first kappa shape index (κ1) is 22.1. The van der Waals surface area contributed by atoms with Crippen molar-refractivity contribution in [1.82, 2.24) is 0 Å². The second kappa shape index (κ2) is 10.2. The predicted molar refractivity (Wildman–Crippen MR) is 98.0 cm³/mol. The van der Waals surface area contributed by atoms with Gasteiger partial charge in [0.15, 0.2) is 0 Å². The van der Waals surface area contributed by atoms with Gasteiger partial charge in [-0.05, 0) is 73.1 Å². The van der Waals surface area contributed by atoms with Crippen LogP contribution in [0.2, 0.25) is 6.04 Å². The molecule has 0 heterocycles. The van der Waals surface area contributed by atoms with Crippen molar-refractivity contribution in [1.29, 1.82) is 0 Å². The number of aliphatic hydroxyl groups excluding tert-OH is 1. The number of hydrogen-bond acceptors (Lipinski definition) is 5. The average molecular weight is 363 g/mol. The van der Waals surface area contributed by atoms with E-state index in [-0.39, 0.29) is 30.5 Å². The second-order valence-electron chi connectivity index (χ2n) is 7.73. The first-order chi connectivity index (χ1) is 11.2. The Morgan fingerprint density at radius 1 is 0.958 bits per heavy atom. The van der Waals surface area contributed by atoms with Crippen molar-refractivity contribution in [2.75, 3.05) is 7.11 Å². The molecule has 1 N–H and O–H groups in total. The lowest BCUT2D eigenvalue weighted by molar-refractivity contribution is -0.0946. The predicted octanol–water partition coefficient (Wildman–Crippen LogP) is 3.77. The van der Waals surface area contributed by atoms with Crippen LogP contribution < -0.4 is 0 Å². The summed E-state index contributed by atoms with van der Waals surface area (Å²) in [6, 6.07) is 0.815. The SMILES string of the molecule is CO[Si](CCC1CCC(O)C(OC(C)C)C1)(OC(C)C)OC(C)C. The Bertz CT molecular complexity index is 338. The molecule has 0 spiro atoms. The highest BCUT2D eigenvalue weighted by Crippen LogP contribution is 2.33. The highest BCUT2D eigenvalue weighted by Gasteiger charge is 2.43. The van der Waals surface area contributed by atoms with E-state index in [2.05, 4.69) is 0 Å².